The van der Waals surface area contributed by atoms with Crippen LogP contribution in [-0.4, -0.2) is 16.7 Å². The molecule has 1 atom stereocenters. The Bertz CT molecular complexity index is 575. The van der Waals surface area contributed by atoms with Crippen LogP contribution in [0.4, 0.5) is 0 Å². The van der Waals surface area contributed by atoms with Gasteiger partial charge in [0.15, 0.2) is 0 Å². The van der Waals surface area contributed by atoms with Gasteiger partial charge in [0.2, 0.25) is 0 Å². The minimum absolute atomic E-state index is 0.244. The number of hydrogen-bond donors (Lipinski definition) is 1. The van der Waals surface area contributed by atoms with Gasteiger partial charge in [0.05, 0.1) is 19.1 Å². The van der Waals surface area contributed by atoms with Gasteiger partial charge in [-0.3, -0.25) is 0 Å². The number of imidazole rings is 1. The molecule has 0 bridgehead atoms. The molecule has 1 aliphatic rings. The van der Waals surface area contributed by atoms with Crippen LogP contribution in [0.3, 0.4) is 0 Å². The molecule has 1 N–H and O–H groups in total. The van der Waals surface area contributed by atoms with Gasteiger partial charge in [-0.2, -0.15) is 0 Å². The highest BCUT2D eigenvalue weighted by Crippen LogP contribution is 2.35. The lowest BCUT2D eigenvalue weighted by atomic mass is 10.1. The topological polar surface area (TPSA) is 39.1 Å². The maximum atomic E-state index is 5.42. The number of methoxy groups -OCH3 is 1. The van der Waals surface area contributed by atoms with Crippen LogP contribution in [0.5, 0.6) is 5.75 Å². The summed E-state index contributed by atoms with van der Waals surface area (Å²) in [5.74, 6) is 0.934. The zero-order valence-corrected chi connectivity index (χ0v) is 12.0. The summed E-state index contributed by atoms with van der Waals surface area (Å²) < 4.78 is 7.71. The van der Waals surface area contributed by atoms with E-state index in [1.165, 1.54) is 24.1 Å². The predicted octanol–water partition coefficient (Wildman–Crippen LogP) is 3.08. The normalized spacial score (nSPS) is 16.1. The van der Waals surface area contributed by atoms with E-state index in [-0.39, 0.29) is 6.04 Å². The Kier molecular flexibility index (Phi) is 3.74. The molecule has 1 saturated carbocycles. The second-order valence-corrected chi connectivity index (χ2v) is 5.37. The van der Waals surface area contributed by atoms with Crippen molar-refractivity contribution in [3.05, 3.63) is 48.0 Å². The van der Waals surface area contributed by atoms with Crippen molar-refractivity contribution < 1.29 is 4.74 Å². The van der Waals surface area contributed by atoms with Crippen LogP contribution in [0.25, 0.3) is 0 Å². The van der Waals surface area contributed by atoms with E-state index in [2.05, 4.69) is 27.9 Å². The third-order valence-electron chi connectivity index (χ3n) is 3.88. The maximum absolute atomic E-state index is 5.42. The number of para-hydroxylation sites is 1. The van der Waals surface area contributed by atoms with Gasteiger partial charge in [0.25, 0.3) is 0 Å². The molecular weight excluding hydrogens is 250 g/mol. The largest absolute Gasteiger partial charge is 0.496 e. The molecular formula is C16H21N3O. The Morgan fingerprint density at radius 3 is 2.95 bits per heavy atom. The van der Waals surface area contributed by atoms with Gasteiger partial charge in [0, 0.05) is 30.4 Å². The van der Waals surface area contributed by atoms with Gasteiger partial charge < -0.3 is 14.6 Å². The van der Waals surface area contributed by atoms with E-state index in [1.807, 2.05) is 30.7 Å². The smallest absolute Gasteiger partial charge is 0.123 e. The van der Waals surface area contributed by atoms with E-state index < -0.39 is 0 Å². The minimum atomic E-state index is 0.244. The fraction of sp³-hybridized carbons (Fsp3) is 0.438. The van der Waals surface area contributed by atoms with Crippen molar-refractivity contribution in [1.82, 2.24) is 14.9 Å². The van der Waals surface area contributed by atoms with Crippen molar-refractivity contribution in [1.29, 1.82) is 0 Å². The number of nitrogens with zero attached hydrogens (tertiary/aromatic N) is 2. The highest BCUT2D eigenvalue weighted by molar-refractivity contribution is 5.35. The third-order valence-corrected chi connectivity index (χ3v) is 3.88. The molecule has 0 saturated heterocycles. The summed E-state index contributed by atoms with van der Waals surface area (Å²) in [4.78, 5) is 4.27. The van der Waals surface area contributed by atoms with E-state index in [0.717, 1.165) is 12.3 Å². The molecule has 0 aliphatic heterocycles. The monoisotopic (exact) mass is 271 g/mol. The van der Waals surface area contributed by atoms with E-state index in [4.69, 9.17) is 4.74 Å². The van der Waals surface area contributed by atoms with Gasteiger partial charge in [-0.1, -0.05) is 18.2 Å². The summed E-state index contributed by atoms with van der Waals surface area (Å²) in [6.45, 7) is 2.99. The van der Waals surface area contributed by atoms with E-state index in [0.29, 0.717) is 6.04 Å². The van der Waals surface area contributed by atoms with Gasteiger partial charge in [-0.05, 0) is 25.8 Å². The lowest BCUT2D eigenvalue weighted by Crippen LogP contribution is -2.20. The molecule has 0 unspecified atom stereocenters. The summed E-state index contributed by atoms with van der Waals surface area (Å²) in [5.41, 5.74) is 2.45. The summed E-state index contributed by atoms with van der Waals surface area (Å²) in [7, 11) is 1.72. The van der Waals surface area contributed by atoms with E-state index >= 15 is 0 Å². The zero-order chi connectivity index (χ0) is 13.9. The first kappa shape index (κ1) is 13.2. The fourth-order valence-electron chi connectivity index (χ4n) is 2.54. The Morgan fingerprint density at radius 2 is 2.20 bits per heavy atom. The lowest BCUT2D eigenvalue weighted by Gasteiger charge is -2.17. The standard InChI is InChI=1S/C16H21N3O/c1-12(15-5-3-4-6-16(15)20-2)18-10-14-9-17-11-19(14)13-7-8-13/h3-6,9,11-13,18H,7-8,10H2,1-2H3/t12-/m0/s1. The number of rotatable bonds is 6. The molecule has 3 rings (SSSR count). The molecule has 4 nitrogen and oxygen atoms in total. The number of hydrogen-bond acceptors (Lipinski definition) is 3. The maximum Gasteiger partial charge on any atom is 0.123 e. The van der Waals surface area contributed by atoms with Crippen molar-refractivity contribution in [2.24, 2.45) is 0 Å². The van der Waals surface area contributed by atoms with Crippen LogP contribution in [-0.2, 0) is 6.54 Å². The first-order chi connectivity index (χ1) is 9.79. The summed E-state index contributed by atoms with van der Waals surface area (Å²) >= 11 is 0. The molecule has 0 spiro atoms. The Morgan fingerprint density at radius 1 is 1.40 bits per heavy atom. The number of ether oxygens (including phenoxy) is 1. The summed E-state index contributed by atoms with van der Waals surface area (Å²) in [6, 6.07) is 9.07. The second-order valence-electron chi connectivity index (χ2n) is 5.37. The number of aromatic nitrogens is 2. The van der Waals surface area contributed by atoms with E-state index in [1.54, 1.807) is 7.11 Å². The van der Waals surface area contributed by atoms with Gasteiger partial charge in [-0.15, -0.1) is 0 Å². The van der Waals surface area contributed by atoms with Crippen molar-refractivity contribution in [2.75, 3.05) is 7.11 Å². The van der Waals surface area contributed by atoms with Crippen LogP contribution in [0.1, 0.15) is 43.1 Å². The fourth-order valence-corrected chi connectivity index (χ4v) is 2.54. The quantitative estimate of drug-likeness (QED) is 0.877. The van der Waals surface area contributed by atoms with Crippen LogP contribution in [0, 0.1) is 0 Å². The van der Waals surface area contributed by atoms with Gasteiger partial charge in [0.1, 0.15) is 5.75 Å². The molecule has 2 aromatic rings. The molecule has 0 radical (unpaired) electrons. The average molecular weight is 271 g/mol. The molecule has 20 heavy (non-hydrogen) atoms. The predicted molar refractivity (Wildman–Crippen MR) is 78.7 cm³/mol. The molecule has 4 heteroatoms. The van der Waals surface area contributed by atoms with E-state index in [9.17, 15) is 0 Å². The molecule has 1 heterocycles. The highest BCUT2D eigenvalue weighted by atomic mass is 16.5. The lowest BCUT2D eigenvalue weighted by molar-refractivity contribution is 0.401. The van der Waals surface area contributed by atoms with Crippen LogP contribution in [0.15, 0.2) is 36.8 Å². The van der Waals surface area contributed by atoms with Crippen molar-refractivity contribution in [3.8, 4) is 5.75 Å². The minimum Gasteiger partial charge on any atom is -0.496 e. The third kappa shape index (κ3) is 2.70. The Hall–Kier alpha value is -1.81. The van der Waals surface area contributed by atoms with Gasteiger partial charge >= 0.3 is 0 Å². The highest BCUT2D eigenvalue weighted by Gasteiger charge is 2.25. The van der Waals surface area contributed by atoms with Crippen LogP contribution >= 0.6 is 0 Å². The average Bonchev–Trinajstić information content (AvgIpc) is 3.23. The molecule has 1 aromatic carbocycles. The number of benzene rings is 1. The molecule has 1 aromatic heterocycles. The number of nitrogens with one attached hydrogen (secondary N) is 1. The van der Waals surface area contributed by atoms with Gasteiger partial charge in [-0.25, -0.2) is 4.98 Å². The zero-order valence-electron chi connectivity index (χ0n) is 12.0. The Balaban J connectivity index is 1.66. The van der Waals surface area contributed by atoms with Crippen LogP contribution in [0.2, 0.25) is 0 Å². The summed E-state index contributed by atoms with van der Waals surface area (Å²) in [5, 5.41) is 3.56. The molecule has 106 valence electrons. The van der Waals surface area contributed by atoms with Crippen molar-refractivity contribution in [3.63, 3.8) is 0 Å². The first-order valence-corrected chi connectivity index (χ1v) is 7.16. The molecule has 0 amide bonds. The first-order valence-electron chi connectivity index (χ1n) is 7.16. The summed E-state index contributed by atoms with van der Waals surface area (Å²) in [6.07, 6.45) is 6.47. The Labute approximate surface area is 119 Å². The second kappa shape index (κ2) is 5.67. The van der Waals surface area contributed by atoms with Crippen molar-refractivity contribution >= 4 is 0 Å². The SMILES string of the molecule is COc1ccccc1[C@H](C)NCc1cncn1C1CC1. The van der Waals surface area contributed by atoms with Crippen LogP contribution < -0.4 is 10.1 Å². The van der Waals surface area contributed by atoms with Crippen molar-refractivity contribution in [2.45, 2.75) is 38.4 Å². The molecule has 1 fully saturated rings. The molecule has 1 aliphatic carbocycles.